The summed E-state index contributed by atoms with van der Waals surface area (Å²) in [5, 5.41) is 9.72. The van der Waals surface area contributed by atoms with Gasteiger partial charge in [-0.2, -0.15) is 5.26 Å². The highest BCUT2D eigenvalue weighted by Gasteiger charge is 2.06. The van der Waals surface area contributed by atoms with Gasteiger partial charge in [-0.3, -0.25) is 0 Å². The van der Waals surface area contributed by atoms with Crippen LogP contribution in [0, 0.1) is 11.3 Å². The Morgan fingerprint density at radius 1 is 1.16 bits per heavy atom. The highest BCUT2D eigenvalue weighted by molar-refractivity contribution is 6.34. The Morgan fingerprint density at radius 3 is 2.68 bits per heavy atom. The fraction of sp³-hybridized carbons (Fsp3) is 0.0714. The first-order valence-electron chi connectivity index (χ1n) is 5.48. The molecule has 0 fully saturated rings. The average molecular weight is 293 g/mol. The van der Waals surface area contributed by atoms with Gasteiger partial charge in [0.15, 0.2) is 0 Å². The summed E-state index contributed by atoms with van der Waals surface area (Å²) in [6.45, 7) is 0. The van der Waals surface area contributed by atoms with E-state index in [2.05, 4.69) is 6.07 Å². The molecule has 0 heterocycles. The molecule has 5 heteroatoms. The summed E-state index contributed by atoms with van der Waals surface area (Å²) < 4.78 is 5.65. The first-order chi connectivity index (χ1) is 9.10. The van der Waals surface area contributed by atoms with Gasteiger partial charge in [-0.05, 0) is 35.9 Å². The van der Waals surface area contributed by atoms with Crippen LogP contribution < -0.4 is 10.5 Å². The first-order valence-corrected chi connectivity index (χ1v) is 6.24. The van der Waals surface area contributed by atoms with Gasteiger partial charge in [-0.25, -0.2) is 0 Å². The van der Waals surface area contributed by atoms with Gasteiger partial charge in [0.25, 0.3) is 0 Å². The maximum atomic E-state index is 8.72. The SMILES string of the molecule is N#CCc1cc(Oc2cc(Cl)ccc2Cl)ccc1N. The average Bonchev–Trinajstić information content (AvgIpc) is 2.38. The molecule has 0 saturated heterocycles. The van der Waals surface area contributed by atoms with E-state index in [0.717, 1.165) is 5.56 Å². The molecule has 0 amide bonds. The smallest absolute Gasteiger partial charge is 0.147 e. The normalized spacial score (nSPS) is 9.95. The third-order valence-corrected chi connectivity index (χ3v) is 3.05. The van der Waals surface area contributed by atoms with Gasteiger partial charge in [-0.15, -0.1) is 0 Å². The molecule has 2 aromatic carbocycles. The summed E-state index contributed by atoms with van der Waals surface area (Å²) in [6, 6.07) is 12.2. The van der Waals surface area contributed by atoms with Crippen LogP contribution in [0.4, 0.5) is 5.69 Å². The van der Waals surface area contributed by atoms with Crippen molar-refractivity contribution < 1.29 is 4.74 Å². The molecule has 0 saturated carbocycles. The fourth-order valence-corrected chi connectivity index (χ4v) is 1.88. The molecule has 2 N–H and O–H groups in total. The Kier molecular flexibility index (Phi) is 4.16. The maximum Gasteiger partial charge on any atom is 0.147 e. The van der Waals surface area contributed by atoms with Crippen LogP contribution in [0.3, 0.4) is 0 Å². The molecule has 2 rings (SSSR count). The monoisotopic (exact) mass is 292 g/mol. The summed E-state index contributed by atoms with van der Waals surface area (Å²) >= 11 is 11.9. The number of nitrogen functional groups attached to an aromatic ring is 1. The molecule has 0 unspecified atom stereocenters. The van der Waals surface area contributed by atoms with E-state index in [1.54, 1.807) is 36.4 Å². The summed E-state index contributed by atoms with van der Waals surface area (Å²) in [7, 11) is 0. The number of anilines is 1. The molecule has 0 radical (unpaired) electrons. The van der Waals surface area contributed by atoms with Crippen molar-refractivity contribution in [1.29, 1.82) is 5.26 Å². The van der Waals surface area contributed by atoms with Crippen molar-refractivity contribution in [1.82, 2.24) is 0 Å². The molecule has 0 spiro atoms. The second-order valence-electron chi connectivity index (χ2n) is 3.87. The van der Waals surface area contributed by atoms with Crippen molar-refractivity contribution in [3.8, 4) is 17.6 Å². The van der Waals surface area contributed by atoms with Gasteiger partial charge >= 0.3 is 0 Å². The van der Waals surface area contributed by atoms with E-state index in [1.807, 2.05) is 0 Å². The Labute approximate surface area is 121 Å². The maximum absolute atomic E-state index is 8.72. The topological polar surface area (TPSA) is 59.0 Å². The van der Waals surface area contributed by atoms with Crippen LogP contribution in [-0.4, -0.2) is 0 Å². The fourth-order valence-electron chi connectivity index (χ4n) is 1.57. The van der Waals surface area contributed by atoms with Crippen molar-refractivity contribution in [3.05, 3.63) is 52.0 Å². The van der Waals surface area contributed by atoms with Crippen molar-refractivity contribution >= 4 is 28.9 Å². The number of hydrogen-bond donors (Lipinski definition) is 1. The summed E-state index contributed by atoms with van der Waals surface area (Å²) in [4.78, 5) is 0. The van der Waals surface area contributed by atoms with Gasteiger partial charge in [0, 0.05) is 16.8 Å². The number of nitrogens with zero attached hydrogens (tertiary/aromatic N) is 1. The predicted molar refractivity (Wildman–Crippen MR) is 76.7 cm³/mol. The van der Waals surface area contributed by atoms with Crippen LogP contribution >= 0.6 is 23.2 Å². The minimum absolute atomic E-state index is 0.228. The number of ether oxygens (including phenoxy) is 1. The zero-order valence-electron chi connectivity index (χ0n) is 9.86. The molecule has 0 aliphatic rings. The number of hydrogen-bond acceptors (Lipinski definition) is 3. The quantitative estimate of drug-likeness (QED) is 0.851. The van der Waals surface area contributed by atoms with Gasteiger partial charge in [0.05, 0.1) is 17.5 Å². The molecule has 3 nitrogen and oxygen atoms in total. The number of benzene rings is 2. The van der Waals surface area contributed by atoms with Crippen LogP contribution in [0.25, 0.3) is 0 Å². The van der Waals surface area contributed by atoms with Crippen LogP contribution in [0.5, 0.6) is 11.5 Å². The second-order valence-corrected chi connectivity index (χ2v) is 4.72. The van der Waals surface area contributed by atoms with E-state index in [0.29, 0.717) is 27.2 Å². The van der Waals surface area contributed by atoms with E-state index >= 15 is 0 Å². The molecule has 0 bridgehead atoms. The van der Waals surface area contributed by atoms with E-state index in [9.17, 15) is 0 Å². The minimum atomic E-state index is 0.228. The van der Waals surface area contributed by atoms with Gasteiger partial charge < -0.3 is 10.5 Å². The molecule has 0 aliphatic heterocycles. The van der Waals surface area contributed by atoms with Crippen LogP contribution in [0.1, 0.15) is 5.56 Å². The lowest BCUT2D eigenvalue weighted by Crippen LogP contribution is -1.94. The Hall–Kier alpha value is -1.89. The highest BCUT2D eigenvalue weighted by Crippen LogP contribution is 2.32. The van der Waals surface area contributed by atoms with E-state index in [-0.39, 0.29) is 6.42 Å². The zero-order valence-corrected chi connectivity index (χ0v) is 11.4. The van der Waals surface area contributed by atoms with Gasteiger partial charge in [-0.1, -0.05) is 23.2 Å². The van der Waals surface area contributed by atoms with Crippen molar-refractivity contribution in [3.63, 3.8) is 0 Å². The minimum Gasteiger partial charge on any atom is -0.456 e. The number of nitriles is 1. The van der Waals surface area contributed by atoms with Gasteiger partial charge in [0.1, 0.15) is 11.5 Å². The Balaban J connectivity index is 2.31. The summed E-state index contributed by atoms with van der Waals surface area (Å²) in [6.07, 6.45) is 0.228. The van der Waals surface area contributed by atoms with E-state index in [4.69, 9.17) is 38.9 Å². The zero-order chi connectivity index (χ0) is 13.8. The molecular formula is C14H10Cl2N2O. The van der Waals surface area contributed by atoms with Crippen LogP contribution in [-0.2, 0) is 6.42 Å². The largest absolute Gasteiger partial charge is 0.456 e. The van der Waals surface area contributed by atoms with Crippen molar-refractivity contribution in [2.75, 3.05) is 5.73 Å². The lowest BCUT2D eigenvalue weighted by atomic mass is 10.1. The Bertz CT molecular complexity index is 650. The van der Waals surface area contributed by atoms with Crippen LogP contribution in [0.15, 0.2) is 36.4 Å². The van der Waals surface area contributed by atoms with E-state index < -0.39 is 0 Å². The third kappa shape index (κ3) is 3.31. The standard InChI is InChI=1S/C14H10Cl2N2O/c15-10-1-3-12(16)14(8-10)19-11-2-4-13(18)9(7-11)5-6-17/h1-4,7-8H,5,18H2. The van der Waals surface area contributed by atoms with Crippen molar-refractivity contribution in [2.24, 2.45) is 0 Å². The van der Waals surface area contributed by atoms with Gasteiger partial charge in [0.2, 0.25) is 0 Å². The first kappa shape index (κ1) is 13.5. The number of halogens is 2. The molecule has 0 aromatic heterocycles. The summed E-state index contributed by atoms with van der Waals surface area (Å²) in [5.74, 6) is 1.02. The molecule has 0 aliphatic carbocycles. The lowest BCUT2D eigenvalue weighted by molar-refractivity contribution is 0.482. The molecular weight excluding hydrogens is 283 g/mol. The molecule has 19 heavy (non-hydrogen) atoms. The van der Waals surface area contributed by atoms with Crippen molar-refractivity contribution in [2.45, 2.75) is 6.42 Å². The van der Waals surface area contributed by atoms with E-state index in [1.165, 1.54) is 0 Å². The predicted octanol–water partition coefficient (Wildman–Crippen LogP) is 4.43. The highest BCUT2D eigenvalue weighted by atomic mass is 35.5. The number of rotatable bonds is 3. The molecule has 0 atom stereocenters. The molecule has 2 aromatic rings. The second kappa shape index (κ2) is 5.83. The lowest BCUT2D eigenvalue weighted by Gasteiger charge is -2.10. The number of nitrogens with two attached hydrogens (primary N) is 1. The van der Waals surface area contributed by atoms with Crippen LogP contribution in [0.2, 0.25) is 10.0 Å². The Morgan fingerprint density at radius 2 is 1.95 bits per heavy atom. The third-order valence-electron chi connectivity index (χ3n) is 2.51. The summed E-state index contributed by atoms with van der Waals surface area (Å²) in [5.41, 5.74) is 7.05. The molecule has 96 valence electrons.